The van der Waals surface area contributed by atoms with Gasteiger partial charge in [-0.15, -0.1) is 0 Å². The summed E-state index contributed by atoms with van der Waals surface area (Å²) in [4.78, 5) is 0. The Labute approximate surface area is 167 Å². The summed E-state index contributed by atoms with van der Waals surface area (Å²) in [7, 11) is 0. The summed E-state index contributed by atoms with van der Waals surface area (Å²) >= 11 is 0. The van der Waals surface area contributed by atoms with Crippen LogP contribution in [0.4, 0.5) is 0 Å². The molecule has 0 heteroatoms. The molecule has 28 heavy (non-hydrogen) atoms. The molecule has 0 unspecified atom stereocenters. The molecule has 0 amide bonds. The molecule has 2 aliphatic rings. The Morgan fingerprint density at radius 1 is 0.714 bits per heavy atom. The van der Waals surface area contributed by atoms with Crippen molar-refractivity contribution in [2.24, 2.45) is 0 Å². The van der Waals surface area contributed by atoms with E-state index in [-0.39, 0.29) is 5.41 Å². The zero-order valence-corrected chi connectivity index (χ0v) is 16.3. The average Bonchev–Trinajstić information content (AvgIpc) is 3.18. The third kappa shape index (κ3) is 2.18. The van der Waals surface area contributed by atoms with Crippen molar-refractivity contribution in [1.29, 1.82) is 0 Å². The van der Waals surface area contributed by atoms with Crippen LogP contribution in [-0.4, -0.2) is 0 Å². The second kappa shape index (κ2) is 6.98. The van der Waals surface area contributed by atoms with E-state index in [1.165, 1.54) is 33.4 Å². The summed E-state index contributed by atoms with van der Waals surface area (Å²) in [5, 5.41) is 0. The Morgan fingerprint density at radius 3 is 1.68 bits per heavy atom. The molecular formula is C28H24. The predicted molar refractivity (Wildman–Crippen MR) is 121 cm³/mol. The number of benzene rings is 2. The summed E-state index contributed by atoms with van der Waals surface area (Å²) in [6.45, 7) is 14.2. The van der Waals surface area contributed by atoms with Gasteiger partial charge in [0.2, 0.25) is 0 Å². The molecule has 136 valence electrons. The Bertz CT molecular complexity index is 1070. The fraction of sp³-hybridized carbons (Fsp3) is 0.0714. The van der Waals surface area contributed by atoms with Crippen molar-refractivity contribution < 1.29 is 0 Å². The van der Waals surface area contributed by atoms with E-state index in [9.17, 15) is 0 Å². The lowest BCUT2D eigenvalue weighted by atomic mass is 9.68. The normalized spacial score (nSPS) is 16.9. The summed E-state index contributed by atoms with van der Waals surface area (Å²) in [5.74, 6) is 0. The van der Waals surface area contributed by atoms with Crippen molar-refractivity contribution in [1.82, 2.24) is 0 Å². The fourth-order valence-electron chi connectivity index (χ4n) is 4.85. The van der Waals surface area contributed by atoms with Gasteiger partial charge in [0.15, 0.2) is 0 Å². The number of fused-ring (bicyclic) bond motifs is 5. The lowest BCUT2D eigenvalue weighted by molar-refractivity contribution is 0.779. The standard InChI is InChI=1S/C28H24/c1-5-9-17-25-21(8-4)20(7-3)24(14-6-2)28(25)26-18-12-10-15-22(26)23-16-11-13-19-27(23)28/h5-19H,1,3-4H2,2H3/b14-6-,17-9-. The maximum atomic E-state index is 4.14. The second-order valence-electron chi connectivity index (χ2n) is 7.00. The quantitative estimate of drug-likeness (QED) is 0.493. The van der Waals surface area contributed by atoms with Crippen molar-refractivity contribution in [3.05, 3.63) is 144 Å². The van der Waals surface area contributed by atoms with Crippen LogP contribution in [0.2, 0.25) is 0 Å². The molecule has 0 atom stereocenters. The van der Waals surface area contributed by atoms with Crippen LogP contribution in [0.15, 0.2) is 133 Å². The highest BCUT2D eigenvalue weighted by atomic mass is 14.5. The van der Waals surface area contributed by atoms with Gasteiger partial charge in [-0.25, -0.2) is 0 Å². The summed E-state index contributed by atoms with van der Waals surface area (Å²) in [5.41, 5.74) is 9.58. The van der Waals surface area contributed by atoms with Crippen LogP contribution < -0.4 is 0 Å². The van der Waals surface area contributed by atoms with Crippen LogP contribution in [0.5, 0.6) is 0 Å². The van der Waals surface area contributed by atoms with Gasteiger partial charge in [-0.2, -0.15) is 0 Å². The lowest BCUT2D eigenvalue weighted by Crippen LogP contribution is -2.27. The first kappa shape index (κ1) is 18.0. The van der Waals surface area contributed by atoms with Gasteiger partial charge in [-0.1, -0.05) is 111 Å². The zero-order valence-electron chi connectivity index (χ0n) is 16.3. The molecule has 0 saturated carbocycles. The molecule has 0 nitrogen and oxygen atoms in total. The second-order valence-corrected chi connectivity index (χ2v) is 7.00. The van der Waals surface area contributed by atoms with Gasteiger partial charge in [0, 0.05) is 0 Å². The minimum Gasteiger partial charge on any atom is -0.0991 e. The molecule has 0 heterocycles. The molecule has 0 aromatic heterocycles. The van der Waals surface area contributed by atoms with E-state index in [2.05, 4.69) is 93.4 Å². The molecular weight excluding hydrogens is 336 g/mol. The van der Waals surface area contributed by atoms with E-state index in [1.807, 2.05) is 24.3 Å². The largest absolute Gasteiger partial charge is 0.0991 e. The summed E-state index contributed by atoms with van der Waals surface area (Å²) in [6, 6.07) is 17.5. The van der Waals surface area contributed by atoms with E-state index in [0.29, 0.717) is 0 Å². The maximum Gasteiger partial charge on any atom is 0.0725 e. The predicted octanol–water partition coefficient (Wildman–Crippen LogP) is 7.25. The van der Waals surface area contributed by atoms with Gasteiger partial charge < -0.3 is 0 Å². The number of rotatable bonds is 5. The van der Waals surface area contributed by atoms with Crippen molar-refractivity contribution in [2.75, 3.05) is 0 Å². The third-order valence-corrected chi connectivity index (χ3v) is 5.77. The molecule has 0 fully saturated rings. The van der Waals surface area contributed by atoms with Crippen LogP contribution in [-0.2, 0) is 5.41 Å². The number of hydrogen-bond donors (Lipinski definition) is 0. The molecule has 2 aliphatic carbocycles. The Morgan fingerprint density at radius 2 is 1.21 bits per heavy atom. The van der Waals surface area contributed by atoms with Gasteiger partial charge >= 0.3 is 0 Å². The van der Waals surface area contributed by atoms with Crippen LogP contribution >= 0.6 is 0 Å². The van der Waals surface area contributed by atoms with Crippen LogP contribution in [0, 0.1) is 0 Å². The first-order valence-electron chi connectivity index (χ1n) is 9.61. The number of hydrogen-bond acceptors (Lipinski definition) is 0. The number of allylic oxidation sites excluding steroid dienone is 11. The molecule has 2 aromatic rings. The summed E-state index contributed by atoms with van der Waals surface area (Å²) in [6.07, 6.45) is 14.3. The van der Waals surface area contributed by atoms with E-state index in [4.69, 9.17) is 0 Å². The van der Waals surface area contributed by atoms with E-state index in [1.54, 1.807) is 0 Å². The lowest BCUT2D eigenvalue weighted by Gasteiger charge is -2.32. The van der Waals surface area contributed by atoms with Crippen molar-refractivity contribution in [3.8, 4) is 11.1 Å². The van der Waals surface area contributed by atoms with Crippen LogP contribution in [0.3, 0.4) is 0 Å². The highest BCUT2D eigenvalue weighted by molar-refractivity contribution is 5.90. The topological polar surface area (TPSA) is 0 Å². The van der Waals surface area contributed by atoms with Gasteiger partial charge in [-0.3, -0.25) is 0 Å². The molecule has 0 radical (unpaired) electrons. The maximum absolute atomic E-state index is 4.14. The molecule has 1 spiro atoms. The third-order valence-electron chi connectivity index (χ3n) is 5.77. The van der Waals surface area contributed by atoms with Crippen molar-refractivity contribution in [2.45, 2.75) is 12.3 Å². The molecule has 0 aliphatic heterocycles. The SMILES string of the molecule is C=C/C=C\C1=C(C=C)C(C=C)=C(/C=C\C)C12c1ccccc1-c1ccccc12. The summed E-state index contributed by atoms with van der Waals surface area (Å²) < 4.78 is 0. The van der Waals surface area contributed by atoms with Gasteiger partial charge in [0.05, 0.1) is 5.41 Å². The zero-order chi connectivity index (χ0) is 19.7. The highest BCUT2D eigenvalue weighted by Gasteiger charge is 2.51. The monoisotopic (exact) mass is 360 g/mol. The first-order chi connectivity index (χ1) is 13.7. The van der Waals surface area contributed by atoms with Gasteiger partial charge in [-0.05, 0) is 51.5 Å². The Kier molecular flexibility index (Phi) is 4.49. The molecule has 4 rings (SSSR count). The van der Waals surface area contributed by atoms with Crippen LogP contribution in [0.25, 0.3) is 11.1 Å². The van der Waals surface area contributed by atoms with Gasteiger partial charge in [0.25, 0.3) is 0 Å². The molecule has 0 saturated heterocycles. The highest BCUT2D eigenvalue weighted by Crippen LogP contribution is 2.61. The van der Waals surface area contributed by atoms with E-state index in [0.717, 1.165) is 11.1 Å². The molecule has 2 aromatic carbocycles. The van der Waals surface area contributed by atoms with Crippen molar-refractivity contribution >= 4 is 0 Å². The minimum atomic E-state index is -0.369. The van der Waals surface area contributed by atoms with E-state index < -0.39 is 0 Å². The minimum absolute atomic E-state index is 0.369. The van der Waals surface area contributed by atoms with Gasteiger partial charge in [0.1, 0.15) is 0 Å². The van der Waals surface area contributed by atoms with Crippen LogP contribution in [0.1, 0.15) is 18.1 Å². The van der Waals surface area contributed by atoms with Crippen molar-refractivity contribution in [3.63, 3.8) is 0 Å². The van der Waals surface area contributed by atoms with E-state index >= 15 is 0 Å². The Balaban J connectivity index is 2.25. The Hall–Kier alpha value is -3.38. The molecule has 0 N–H and O–H groups in total. The average molecular weight is 361 g/mol. The smallest absolute Gasteiger partial charge is 0.0725 e. The first-order valence-corrected chi connectivity index (χ1v) is 9.61. The molecule has 0 bridgehead atoms. The fourth-order valence-corrected chi connectivity index (χ4v) is 4.85.